The van der Waals surface area contributed by atoms with Gasteiger partial charge in [-0.1, -0.05) is 42.5 Å². The number of allylic oxidation sites excluding steroid dienone is 1. The van der Waals surface area contributed by atoms with E-state index in [1.54, 1.807) is 32.2 Å². The van der Waals surface area contributed by atoms with Crippen LogP contribution >= 0.6 is 0 Å². The number of ether oxygens (including phenoxy) is 3. The summed E-state index contributed by atoms with van der Waals surface area (Å²) in [4.78, 5) is 25.2. The number of hydrogen-bond acceptors (Lipinski definition) is 5. The SMILES string of the molecule is COc1ccc(COC(=O)C2=C(C)NC(=O)N[C@@H]2c2cccc(Oc3ccccc3)c2)cc1. The van der Waals surface area contributed by atoms with Gasteiger partial charge in [0.15, 0.2) is 0 Å². The molecule has 4 rings (SSSR count). The highest BCUT2D eigenvalue weighted by atomic mass is 16.5. The van der Waals surface area contributed by atoms with Crippen LogP contribution in [0.15, 0.2) is 90.1 Å². The maximum absolute atomic E-state index is 13.0. The molecule has 1 heterocycles. The van der Waals surface area contributed by atoms with Gasteiger partial charge in [0.1, 0.15) is 23.9 Å². The summed E-state index contributed by atoms with van der Waals surface area (Å²) in [5.74, 6) is 1.49. The first kappa shape index (κ1) is 22.0. The standard InChI is InChI=1S/C26H24N2O5/c1-17-23(25(29)32-16-18-11-13-20(31-2)14-12-18)24(28-26(30)27-17)19-7-6-10-22(15-19)33-21-8-4-3-5-9-21/h3-15,24H,16H2,1-2H3,(H2,27,28,30)/t24-/m1/s1. The van der Waals surface area contributed by atoms with Crippen LogP contribution in [-0.2, 0) is 16.1 Å². The molecule has 7 heteroatoms. The van der Waals surface area contributed by atoms with E-state index in [0.29, 0.717) is 28.3 Å². The molecule has 0 aromatic heterocycles. The quantitative estimate of drug-likeness (QED) is 0.509. The highest BCUT2D eigenvalue weighted by molar-refractivity contribution is 5.95. The maximum Gasteiger partial charge on any atom is 0.338 e. The first-order valence-electron chi connectivity index (χ1n) is 10.4. The first-order valence-corrected chi connectivity index (χ1v) is 10.4. The van der Waals surface area contributed by atoms with Crippen molar-refractivity contribution in [3.8, 4) is 17.2 Å². The Hall–Kier alpha value is -4.26. The highest BCUT2D eigenvalue weighted by Crippen LogP contribution is 2.31. The van der Waals surface area contributed by atoms with Crippen molar-refractivity contribution in [1.82, 2.24) is 10.6 Å². The smallest absolute Gasteiger partial charge is 0.338 e. The Bertz CT molecular complexity index is 1170. The Morgan fingerprint density at radius 3 is 2.36 bits per heavy atom. The van der Waals surface area contributed by atoms with Crippen LogP contribution in [0.4, 0.5) is 4.79 Å². The summed E-state index contributed by atoms with van der Waals surface area (Å²) in [6, 6.07) is 22.8. The molecular formula is C26H24N2O5. The van der Waals surface area contributed by atoms with E-state index in [1.807, 2.05) is 60.7 Å². The van der Waals surface area contributed by atoms with Crippen LogP contribution in [0, 0.1) is 0 Å². The van der Waals surface area contributed by atoms with E-state index in [4.69, 9.17) is 14.2 Å². The molecule has 0 fully saturated rings. The van der Waals surface area contributed by atoms with Gasteiger partial charge >= 0.3 is 12.0 Å². The highest BCUT2D eigenvalue weighted by Gasteiger charge is 2.32. The molecule has 3 aromatic rings. The lowest BCUT2D eigenvalue weighted by Gasteiger charge is -2.28. The lowest BCUT2D eigenvalue weighted by atomic mass is 9.95. The molecule has 0 saturated heterocycles. The van der Waals surface area contributed by atoms with Gasteiger partial charge < -0.3 is 24.8 Å². The Labute approximate surface area is 192 Å². The van der Waals surface area contributed by atoms with E-state index in [1.165, 1.54) is 0 Å². The molecule has 33 heavy (non-hydrogen) atoms. The topological polar surface area (TPSA) is 85.9 Å². The number of amides is 2. The number of benzene rings is 3. The van der Waals surface area contributed by atoms with E-state index >= 15 is 0 Å². The van der Waals surface area contributed by atoms with Crippen molar-refractivity contribution < 1.29 is 23.8 Å². The summed E-state index contributed by atoms with van der Waals surface area (Å²) in [7, 11) is 1.59. The maximum atomic E-state index is 13.0. The molecule has 1 aliphatic rings. The monoisotopic (exact) mass is 444 g/mol. The molecule has 168 valence electrons. The minimum atomic E-state index is -0.679. The van der Waals surface area contributed by atoms with Crippen molar-refractivity contribution in [2.75, 3.05) is 7.11 Å². The third-order valence-corrected chi connectivity index (χ3v) is 5.19. The van der Waals surface area contributed by atoms with Gasteiger partial charge in [-0.05, 0) is 54.4 Å². The molecule has 2 amide bonds. The minimum Gasteiger partial charge on any atom is -0.497 e. The molecule has 3 aromatic carbocycles. The van der Waals surface area contributed by atoms with Crippen LogP contribution < -0.4 is 20.1 Å². The largest absolute Gasteiger partial charge is 0.497 e. The number of nitrogens with one attached hydrogen (secondary N) is 2. The average Bonchev–Trinajstić information content (AvgIpc) is 2.83. The zero-order chi connectivity index (χ0) is 23.2. The predicted octanol–water partition coefficient (Wildman–Crippen LogP) is 4.86. The van der Waals surface area contributed by atoms with Crippen molar-refractivity contribution >= 4 is 12.0 Å². The van der Waals surface area contributed by atoms with Gasteiger partial charge in [0, 0.05) is 5.70 Å². The van der Waals surface area contributed by atoms with Crippen molar-refractivity contribution in [3.05, 3.63) is 101 Å². The Morgan fingerprint density at radius 1 is 0.909 bits per heavy atom. The summed E-state index contributed by atoms with van der Waals surface area (Å²) in [5.41, 5.74) is 2.30. The lowest BCUT2D eigenvalue weighted by Crippen LogP contribution is -2.45. The second kappa shape index (κ2) is 9.91. The van der Waals surface area contributed by atoms with Gasteiger partial charge in [-0.3, -0.25) is 0 Å². The fourth-order valence-electron chi connectivity index (χ4n) is 3.55. The number of urea groups is 1. The Morgan fingerprint density at radius 2 is 1.64 bits per heavy atom. The van der Waals surface area contributed by atoms with E-state index in [2.05, 4.69) is 10.6 Å². The van der Waals surface area contributed by atoms with E-state index in [9.17, 15) is 9.59 Å². The van der Waals surface area contributed by atoms with Gasteiger partial charge in [-0.15, -0.1) is 0 Å². The summed E-state index contributed by atoms with van der Waals surface area (Å²) >= 11 is 0. The molecule has 0 unspecified atom stereocenters. The molecule has 1 atom stereocenters. The van der Waals surface area contributed by atoms with Gasteiger partial charge in [0.2, 0.25) is 0 Å². The van der Waals surface area contributed by atoms with Gasteiger partial charge in [-0.2, -0.15) is 0 Å². The predicted molar refractivity (Wildman–Crippen MR) is 123 cm³/mol. The minimum absolute atomic E-state index is 0.0947. The summed E-state index contributed by atoms with van der Waals surface area (Å²) in [6.07, 6.45) is 0. The van der Waals surface area contributed by atoms with Crippen LogP contribution in [0.3, 0.4) is 0 Å². The summed E-state index contributed by atoms with van der Waals surface area (Å²) < 4.78 is 16.6. The van der Waals surface area contributed by atoms with Gasteiger partial charge in [0.05, 0.1) is 18.7 Å². The second-order valence-electron chi connectivity index (χ2n) is 7.48. The zero-order valence-corrected chi connectivity index (χ0v) is 18.3. The van der Waals surface area contributed by atoms with E-state index < -0.39 is 18.0 Å². The van der Waals surface area contributed by atoms with Gasteiger partial charge in [-0.25, -0.2) is 9.59 Å². The van der Waals surface area contributed by atoms with Crippen molar-refractivity contribution in [1.29, 1.82) is 0 Å². The number of carbonyl (C=O) groups is 2. The number of para-hydroxylation sites is 1. The van der Waals surface area contributed by atoms with Crippen LogP contribution in [0.2, 0.25) is 0 Å². The number of rotatable bonds is 7. The third kappa shape index (κ3) is 5.33. The van der Waals surface area contributed by atoms with Gasteiger partial charge in [0.25, 0.3) is 0 Å². The molecule has 0 saturated carbocycles. The molecular weight excluding hydrogens is 420 g/mol. The first-order chi connectivity index (χ1) is 16.0. The molecule has 7 nitrogen and oxygen atoms in total. The van der Waals surface area contributed by atoms with Crippen LogP contribution in [-0.4, -0.2) is 19.1 Å². The summed E-state index contributed by atoms with van der Waals surface area (Å²) in [5, 5.41) is 5.48. The van der Waals surface area contributed by atoms with Crippen molar-refractivity contribution in [2.45, 2.75) is 19.6 Å². The second-order valence-corrected chi connectivity index (χ2v) is 7.48. The molecule has 0 radical (unpaired) electrons. The van der Waals surface area contributed by atoms with E-state index in [-0.39, 0.29) is 6.61 Å². The molecule has 0 aliphatic carbocycles. The summed E-state index contributed by atoms with van der Waals surface area (Å²) in [6.45, 7) is 1.78. The van der Waals surface area contributed by atoms with Crippen LogP contribution in [0.5, 0.6) is 17.2 Å². The number of carbonyl (C=O) groups excluding carboxylic acids is 2. The fourth-order valence-corrected chi connectivity index (χ4v) is 3.55. The van der Waals surface area contributed by atoms with E-state index in [0.717, 1.165) is 11.3 Å². The molecule has 1 aliphatic heterocycles. The number of esters is 1. The lowest BCUT2D eigenvalue weighted by molar-refractivity contribution is -0.140. The van der Waals surface area contributed by atoms with Crippen molar-refractivity contribution in [2.24, 2.45) is 0 Å². The molecule has 2 N–H and O–H groups in total. The third-order valence-electron chi connectivity index (χ3n) is 5.19. The average molecular weight is 444 g/mol. The zero-order valence-electron chi connectivity index (χ0n) is 18.3. The van der Waals surface area contributed by atoms with Crippen LogP contribution in [0.25, 0.3) is 0 Å². The fraction of sp³-hybridized carbons (Fsp3) is 0.154. The number of hydrogen-bond donors (Lipinski definition) is 2. The molecule has 0 spiro atoms. The number of methoxy groups -OCH3 is 1. The van der Waals surface area contributed by atoms with Crippen LogP contribution in [0.1, 0.15) is 24.1 Å². The van der Waals surface area contributed by atoms with Crippen molar-refractivity contribution in [3.63, 3.8) is 0 Å². The molecule has 0 bridgehead atoms. The Kier molecular flexibility index (Phi) is 6.59. The normalized spacial score (nSPS) is 15.3. The Balaban J connectivity index is 1.54.